The highest BCUT2D eigenvalue weighted by Crippen LogP contribution is 2.30. The highest BCUT2D eigenvalue weighted by atomic mass is 79.9. The largest absolute Gasteiger partial charge is 0.433 e. The van der Waals surface area contributed by atoms with Crippen LogP contribution in [-0.4, -0.2) is 29.8 Å². The first-order chi connectivity index (χ1) is 11.6. The van der Waals surface area contributed by atoms with E-state index in [-0.39, 0.29) is 18.3 Å². The van der Waals surface area contributed by atoms with Gasteiger partial charge in [-0.3, -0.25) is 10.1 Å². The van der Waals surface area contributed by atoms with Crippen LogP contribution < -0.4 is 0 Å². The lowest BCUT2D eigenvalue weighted by atomic mass is 10.2. The molecule has 1 aromatic carbocycles. The fourth-order valence-corrected chi connectivity index (χ4v) is 2.88. The molecule has 0 fully saturated rings. The standard InChI is InChI=1S/C14H8BrN5O4/c15-7-1-2-9-8(5-7)12-14(19(9)6-21)16-13(18-17-12)10-3-4-11(24-10)20(22)23/h1-5,21H,6H2. The van der Waals surface area contributed by atoms with E-state index in [1.165, 1.54) is 12.1 Å². The lowest BCUT2D eigenvalue weighted by molar-refractivity contribution is -0.401. The van der Waals surface area contributed by atoms with Gasteiger partial charge in [-0.15, -0.1) is 10.2 Å². The van der Waals surface area contributed by atoms with Gasteiger partial charge in [-0.1, -0.05) is 15.9 Å². The van der Waals surface area contributed by atoms with Crippen LogP contribution in [0.3, 0.4) is 0 Å². The van der Waals surface area contributed by atoms with Crippen molar-refractivity contribution in [3.8, 4) is 11.6 Å². The average Bonchev–Trinajstić information content (AvgIpc) is 3.17. The summed E-state index contributed by atoms with van der Waals surface area (Å²) in [5.74, 6) is -0.167. The number of benzene rings is 1. The zero-order valence-corrected chi connectivity index (χ0v) is 13.5. The van der Waals surface area contributed by atoms with Crippen LogP contribution in [0, 0.1) is 10.1 Å². The number of nitro groups is 1. The molecule has 0 unspecified atom stereocenters. The molecule has 0 aliphatic rings. The topological polar surface area (TPSA) is 120 Å². The molecule has 3 heterocycles. The molecule has 24 heavy (non-hydrogen) atoms. The Hall–Kier alpha value is -2.85. The Labute approximate surface area is 141 Å². The Bertz CT molecular complexity index is 1100. The second-order valence-electron chi connectivity index (χ2n) is 4.93. The van der Waals surface area contributed by atoms with E-state index in [9.17, 15) is 15.2 Å². The highest BCUT2D eigenvalue weighted by Gasteiger charge is 2.19. The SMILES string of the molecule is O=[N+]([O-])c1ccc(-c2nnc3c4cc(Br)ccc4n(CO)c3n2)o1. The van der Waals surface area contributed by atoms with E-state index in [4.69, 9.17) is 4.42 Å². The fraction of sp³-hybridized carbons (Fsp3) is 0.0714. The minimum atomic E-state index is -0.641. The van der Waals surface area contributed by atoms with Crippen molar-refractivity contribution < 1.29 is 14.4 Å². The van der Waals surface area contributed by atoms with Crippen molar-refractivity contribution in [3.05, 3.63) is 44.9 Å². The molecular weight excluding hydrogens is 382 g/mol. The summed E-state index contributed by atoms with van der Waals surface area (Å²) in [4.78, 5) is 14.4. The molecule has 9 nitrogen and oxygen atoms in total. The predicted octanol–water partition coefficient (Wildman–Crippen LogP) is 2.86. The molecule has 0 amide bonds. The summed E-state index contributed by atoms with van der Waals surface area (Å²) in [5.41, 5.74) is 1.68. The van der Waals surface area contributed by atoms with Crippen LogP contribution in [0.25, 0.3) is 33.7 Å². The molecule has 0 saturated carbocycles. The summed E-state index contributed by atoms with van der Waals surface area (Å²) in [6, 6.07) is 8.16. The molecule has 4 aromatic rings. The molecule has 10 heteroatoms. The third-order valence-corrected chi connectivity index (χ3v) is 4.06. The number of furan rings is 1. The molecule has 3 aromatic heterocycles. The van der Waals surface area contributed by atoms with Gasteiger partial charge in [0.15, 0.2) is 11.4 Å². The number of aliphatic hydroxyl groups excluding tert-OH is 1. The van der Waals surface area contributed by atoms with Crippen molar-refractivity contribution in [1.82, 2.24) is 19.7 Å². The Kier molecular flexibility index (Phi) is 3.28. The molecular formula is C14H8BrN5O4. The van der Waals surface area contributed by atoms with Gasteiger partial charge in [-0.2, -0.15) is 0 Å². The first-order valence-corrected chi connectivity index (χ1v) is 7.55. The molecule has 0 aliphatic heterocycles. The number of aromatic nitrogens is 4. The fourth-order valence-electron chi connectivity index (χ4n) is 2.52. The van der Waals surface area contributed by atoms with E-state index < -0.39 is 10.8 Å². The van der Waals surface area contributed by atoms with E-state index in [0.29, 0.717) is 11.2 Å². The van der Waals surface area contributed by atoms with Gasteiger partial charge in [0.25, 0.3) is 0 Å². The minimum Gasteiger partial charge on any atom is -0.397 e. The lowest BCUT2D eigenvalue weighted by Crippen LogP contribution is -2.00. The normalized spacial score (nSPS) is 11.4. The Morgan fingerprint density at radius 1 is 1.29 bits per heavy atom. The van der Waals surface area contributed by atoms with E-state index in [2.05, 4.69) is 31.1 Å². The van der Waals surface area contributed by atoms with E-state index >= 15 is 0 Å². The maximum absolute atomic E-state index is 10.7. The number of hydrogen-bond donors (Lipinski definition) is 1. The maximum atomic E-state index is 10.7. The highest BCUT2D eigenvalue weighted by molar-refractivity contribution is 9.10. The second-order valence-corrected chi connectivity index (χ2v) is 5.85. The average molecular weight is 390 g/mol. The summed E-state index contributed by atoms with van der Waals surface area (Å²) < 4.78 is 7.54. The number of rotatable bonds is 3. The molecule has 0 spiro atoms. The van der Waals surface area contributed by atoms with Crippen LogP contribution in [0.1, 0.15) is 0 Å². The van der Waals surface area contributed by atoms with Crippen molar-refractivity contribution in [2.75, 3.05) is 0 Å². The third-order valence-electron chi connectivity index (χ3n) is 3.56. The van der Waals surface area contributed by atoms with Crippen LogP contribution in [0.15, 0.2) is 39.2 Å². The zero-order chi connectivity index (χ0) is 16.8. The maximum Gasteiger partial charge on any atom is 0.433 e. The Morgan fingerprint density at radius 3 is 2.83 bits per heavy atom. The number of fused-ring (bicyclic) bond motifs is 3. The Balaban J connectivity index is 1.97. The summed E-state index contributed by atoms with van der Waals surface area (Å²) in [7, 11) is 0. The molecule has 0 saturated heterocycles. The van der Waals surface area contributed by atoms with Crippen molar-refractivity contribution in [2.45, 2.75) is 6.73 Å². The summed E-state index contributed by atoms with van der Waals surface area (Å²) in [6.45, 7) is -0.294. The quantitative estimate of drug-likeness (QED) is 0.422. The van der Waals surface area contributed by atoms with Crippen LogP contribution in [-0.2, 0) is 6.73 Å². The summed E-state index contributed by atoms with van der Waals surface area (Å²) in [5, 5.41) is 29.3. The van der Waals surface area contributed by atoms with Gasteiger partial charge >= 0.3 is 5.88 Å². The third kappa shape index (κ3) is 2.15. The number of hydrogen-bond acceptors (Lipinski definition) is 7. The predicted molar refractivity (Wildman–Crippen MR) is 87.1 cm³/mol. The second kappa shape index (κ2) is 5.35. The van der Waals surface area contributed by atoms with E-state index in [1.807, 2.05) is 18.2 Å². The monoisotopic (exact) mass is 389 g/mol. The van der Waals surface area contributed by atoms with Gasteiger partial charge < -0.3 is 14.1 Å². The molecule has 4 rings (SSSR count). The van der Waals surface area contributed by atoms with E-state index in [1.54, 1.807) is 4.57 Å². The van der Waals surface area contributed by atoms with Crippen LogP contribution >= 0.6 is 15.9 Å². The lowest BCUT2D eigenvalue weighted by Gasteiger charge is -2.01. The van der Waals surface area contributed by atoms with Crippen molar-refractivity contribution in [3.63, 3.8) is 0 Å². The van der Waals surface area contributed by atoms with Crippen molar-refractivity contribution >= 4 is 43.9 Å². The number of aliphatic hydroxyl groups is 1. The van der Waals surface area contributed by atoms with Crippen LogP contribution in [0.4, 0.5) is 5.88 Å². The zero-order valence-electron chi connectivity index (χ0n) is 11.9. The van der Waals surface area contributed by atoms with Gasteiger partial charge in [0.05, 0.1) is 11.6 Å². The number of nitrogens with zero attached hydrogens (tertiary/aromatic N) is 5. The summed E-state index contributed by atoms with van der Waals surface area (Å²) in [6.07, 6.45) is 0. The molecule has 0 aliphatic carbocycles. The first-order valence-electron chi connectivity index (χ1n) is 6.76. The van der Waals surface area contributed by atoms with Crippen molar-refractivity contribution in [1.29, 1.82) is 0 Å². The van der Waals surface area contributed by atoms with Gasteiger partial charge in [-0.25, -0.2) is 4.98 Å². The molecule has 1 N–H and O–H groups in total. The Morgan fingerprint density at radius 2 is 2.12 bits per heavy atom. The van der Waals surface area contributed by atoms with Crippen molar-refractivity contribution in [2.24, 2.45) is 0 Å². The number of halogens is 1. The van der Waals surface area contributed by atoms with Crippen LogP contribution in [0.5, 0.6) is 0 Å². The van der Waals surface area contributed by atoms with Gasteiger partial charge in [0, 0.05) is 9.86 Å². The van der Waals surface area contributed by atoms with Gasteiger partial charge in [-0.05, 0) is 24.3 Å². The van der Waals surface area contributed by atoms with Gasteiger partial charge in [0.1, 0.15) is 17.2 Å². The summed E-state index contributed by atoms with van der Waals surface area (Å²) >= 11 is 3.40. The molecule has 0 bridgehead atoms. The van der Waals surface area contributed by atoms with Crippen LogP contribution in [0.2, 0.25) is 0 Å². The smallest absolute Gasteiger partial charge is 0.397 e. The first kappa shape index (κ1) is 14.7. The molecule has 0 radical (unpaired) electrons. The minimum absolute atomic E-state index is 0.104. The van der Waals surface area contributed by atoms with E-state index in [0.717, 1.165) is 15.4 Å². The molecule has 0 atom stereocenters. The van der Waals surface area contributed by atoms with Gasteiger partial charge in [0.2, 0.25) is 5.82 Å². The molecule has 120 valence electrons.